The second kappa shape index (κ2) is 5.54. The predicted octanol–water partition coefficient (Wildman–Crippen LogP) is 0.907. The second-order valence-electron chi connectivity index (χ2n) is 4.04. The van der Waals surface area contributed by atoms with Crippen LogP contribution in [-0.4, -0.2) is 40.7 Å². The first kappa shape index (κ1) is 13.3. The first-order valence-corrected chi connectivity index (χ1v) is 5.46. The van der Waals surface area contributed by atoms with Crippen LogP contribution in [0.1, 0.15) is 23.7 Å². The average Bonchev–Trinajstić information content (AvgIpc) is 2.27. The zero-order chi connectivity index (χ0) is 13.0. The molecule has 1 aromatic rings. The Hall–Kier alpha value is -1.75. The molecule has 4 N–H and O–H groups in total. The number of amides is 1. The standard InChI is InChI=1S/C12H18N2O3/c1-8(5-6-13)14(2)12(17)10-4-3-9(15)7-11(10)16/h3-4,7-8,15-16H,5-6,13H2,1-2H3. The minimum Gasteiger partial charge on any atom is -0.508 e. The lowest BCUT2D eigenvalue weighted by atomic mass is 10.1. The molecule has 0 aliphatic carbocycles. The Morgan fingerprint density at radius 3 is 2.65 bits per heavy atom. The maximum absolute atomic E-state index is 12.0. The summed E-state index contributed by atoms with van der Waals surface area (Å²) in [4.78, 5) is 13.6. The van der Waals surface area contributed by atoms with Crippen molar-refractivity contribution in [1.29, 1.82) is 0 Å². The Kier molecular flexibility index (Phi) is 4.34. The van der Waals surface area contributed by atoms with Crippen molar-refractivity contribution in [1.82, 2.24) is 4.90 Å². The van der Waals surface area contributed by atoms with Crippen LogP contribution >= 0.6 is 0 Å². The molecule has 1 aromatic carbocycles. The van der Waals surface area contributed by atoms with E-state index in [1.54, 1.807) is 7.05 Å². The van der Waals surface area contributed by atoms with E-state index < -0.39 is 0 Å². The summed E-state index contributed by atoms with van der Waals surface area (Å²) in [6, 6.07) is 3.92. The molecule has 1 rings (SSSR count). The highest BCUT2D eigenvalue weighted by molar-refractivity contribution is 5.97. The normalized spacial score (nSPS) is 12.2. The van der Waals surface area contributed by atoms with Gasteiger partial charge in [-0.15, -0.1) is 0 Å². The molecule has 0 radical (unpaired) electrons. The smallest absolute Gasteiger partial charge is 0.257 e. The van der Waals surface area contributed by atoms with Crippen LogP contribution in [0.25, 0.3) is 0 Å². The van der Waals surface area contributed by atoms with Crippen LogP contribution < -0.4 is 5.73 Å². The number of nitrogens with zero attached hydrogens (tertiary/aromatic N) is 1. The van der Waals surface area contributed by atoms with Crippen molar-refractivity contribution in [2.45, 2.75) is 19.4 Å². The summed E-state index contributed by atoms with van der Waals surface area (Å²) in [5.74, 6) is -0.582. The number of hydrogen-bond donors (Lipinski definition) is 3. The van der Waals surface area contributed by atoms with Crippen molar-refractivity contribution in [2.24, 2.45) is 5.73 Å². The van der Waals surface area contributed by atoms with Crippen LogP contribution in [0.2, 0.25) is 0 Å². The third-order valence-corrected chi connectivity index (χ3v) is 2.78. The van der Waals surface area contributed by atoms with E-state index in [0.29, 0.717) is 13.0 Å². The number of carbonyl (C=O) groups is 1. The SMILES string of the molecule is CC(CCN)N(C)C(=O)c1ccc(O)cc1O. The Labute approximate surface area is 100 Å². The molecule has 0 fully saturated rings. The van der Waals surface area contributed by atoms with Gasteiger partial charge in [0.1, 0.15) is 11.5 Å². The van der Waals surface area contributed by atoms with E-state index in [-0.39, 0.29) is 29.0 Å². The largest absolute Gasteiger partial charge is 0.508 e. The Morgan fingerprint density at radius 2 is 2.12 bits per heavy atom. The summed E-state index contributed by atoms with van der Waals surface area (Å²) in [5.41, 5.74) is 5.61. The summed E-state index contributed by atoms with van der Waals surface area (Å²) in [6.45, 7) is 2.39. The number of phenolic OH excluding ortho intramolecular Hbond substituents is 2. The Morgan fingerprint density at radius 1 is 1.47 bits per heavy atom. The monoisotopic (exact) mass is 238 g/mol. The highest BCUT2D eigenvalue weighted by atomic mass is 16.3. The molecule has 1 atom stereocenters. The van der Waals surface area contributed by atoms with E-state index in [1.165, 1.54) is 17.0 Å². The van der Waals surface area contributed by atoms with Gasteiger partial charge in [-0.05, 0) is 32.0 Å². The molecule has 0 bridgehead atoms. The lowest BCUT2D eigenvalue weighted by Crippen LogP contribution is -2.36. The van der Waals surface area contributed by atoms with Gasteiger partial charge in [0.05, 0.1) is 5.56 Å². The number of hydrogen-bond acceptors (Lipinski definition) is 4. The number of aromatic hydroxyl groups is 2. The quantitative estimate of drug-likeness (QED) is 0.727. The number of benzene rings is 1. The zero-order valence-electron chi connectivity index (χ0n) is 10.1. The number of carbonyl (C=O) groups excluding carboxylic acids is 1. The lowest BCUT2D eigenvalue weighted by molar-refractivity contribution is 0.0736. The molecule has 1 amide bonds. The van der Waals surface area contributed by atoms with Crippen molar-refractivity contribution in [3.63, 3.8) is 0 Å². The summed E-state index contributed by atoms with van der Waals surface area (Å²) in [7, 11) is 1.66. The maximum Gasteiger partial charge on any atom is 0.257 e. The second-order valence-corrected chi connectivity index (χ2v) is 4.04. The molecule has 0 aliphatic heterocycles. The van der Waals surface area contributed by atoms with Crippen LogP contribution in [0.4, 0.5) is 0 Å². The van der Waals surface area contributed by atoms with Gasteiger partial charge < -0.3 is 20.8 Å². The fraction of sp³-hybridized carbons (Fsp3) is 0.417. The van der Waals surface area contributed by atoms with Crippen LogP contribution in [0.15, 0.2) is 18.2 Å². The van der Waals surface area contributed by atoms with Crippen LogP contribution in [0, 0.1) is 0 Å². The summed E-state index contributed by atoms with van der Waals surface area (Å²) >= 11 is 0. The highest BCUT2D eigenvalue weighted by Gasteiger charge is 2.19. The summed E-state index contributed by atoms with van der Waals surface area (Å²) in [6.07, 6.45) is 0.696. The predicted molar refractivity (Wildman–Crippen MR) is 65.0 cm³/mol. The van der Waals surface area contributed by atoms with Gasteiger partial charge in [0.25, 0.3) is 5.91 Å². The number of rotatable bonds is 4. The molecule has 0 saturated carbocycles. The molecule has 0 heterocycles. The third kappa shape index (κ3) is 3.10. The maximum atomic E-state index is 12.0. The fourth-order valence-electron chi connectivity index (χ4n) is 1.53. The van der Waals surface area contributed by atoms with Crippen molar-refractivity contribution in [3.05, 3.63) is 23.8 Å². The van der Waals surface area contributed by atoms with E-state index in [1.807, 2.05) is 6.92 Å². The number of nitrogens with two attached hydrogens (primary N) is 1. The Bertz CT molecular complexity index is 407. The molecule has 5 nitrogen and oxygen atoms in total. The highest BCUT2D eigenvalue weighted by Crippen LogP contribution is 2.24. The molecule has 5 heteroatoms. The average molecular weight is 238 g/mol. The molecule has 0 aliphatic rings. The van der Waals surface area contributed by atoms with E-state index in [2.05, 4.69) is 0 Å². The minimum atomic E-state index is -0.288. The van der Waals surface area contributed by atoms with Crippen molar-refractivity contribution < 1.29 is 15.0 Å². The molecular formula is C12H18N2O3. The Balaban J connectivity index is 2.88. The lowest BCUT2D eigenvalue weighted by Gasteiger charge is -2.24. The molecule has 17 heavy (non-hydrogen) atoms. The van der Waals surface area contributed by atoms with Gasteiger partial charge in [-0.3, -0.25) is 4.79 Å². The van der Waals surface area contributed by atoms with Crippen molar-refractivity contribution in [2.75, 3.05) is 13.6 Å². The van der Waals surface area contributed by atoms with Gasteiger partial charge in [0.2, 0.25) is 0 Å². The van der Waals surface area contributed by atoms with Gasteiger partial charge in [-0.25, -0.2) is 0 Å². The summed E-state index contributed by atoms with van der Waals surface area (Å²) < 4.78 is 0. The van der Waals surface area contributed by atoms with Gasteiger partial charge in [0.15, 0.2) is 0 Å². The van der Waals surface area contributed by atoms with Crippen LogP contribution in [-0.2, 0) is 0 Å². The molecule has 0 aromatic heterocycles. The van der Waals surface area contributed by atoms with E-state index in [0.717, 1.165) is 6.07 Å². The molecule has 94 valence electrons. The first-order chi connectivity index (χ1) is 7.97. The van der Waals surface area contributed by atoms with E-state index >= 15 is 0 Å². The minimum absolute atomic E-state index is 0.000651. The molecule has 1 unspecified atom stereocenters. The van der Waals surface area contributed by atoms with Crippen molar-refractivity contribution >= 4 is 5.91 Å². The van der Waals surface area contributed by atoms with E-state index in [9.17, 15) is 9.90 Å². The third-order valence-electron chi connectivity index (χ3n) is 2.78. The topological polar surface area (TPSA) is 86.8 Å². The van der Waals surface area contributed by atoms with Crippen LogP contribution in [0.5, 0.6) is 11.5 Å². The zero-order valence-corrected chi connectivity index (χ0v) is 10.1. The fourth-order valence-corrected chi connectivity index (χ4v) is 1.53. The summed E-state index contributed by atoms with van der Waals surface area (Å²) in [5, 5.41) is 18.7. The molecular weight excluding hydrogens is 220 g/mol. The van der Waals surface area contributed by atoms with Gasteiger partial charge >= 0.3 is 0 Å². The van der Waals surface area contributed by atoms with Gasteiger partial charge in [-0.2, -0.15) is 0 Å². The molecule has 0 spiro atoms. The van der Waals surface area contributed by atoms with Crippen LogP contribution in [0.3, 0.4) is 0 Å². The van der Waals surface area contributed by atoms with Crippen molar-refractivity contribution in [3.8, 4) is 11.5 Å². The van der Waals surface area contributed by atoms with Gasteiger partial charge in [0, 0.05) is 19.2 Å². The number of phenols is 2. The first-order valence-electron chi connectivity index (χ1n) is 5.46. The van der Waals surface area contributed by atoms with E-state index in [4.69, 9.17) is 10.8 Å². The van der Waals surface area contributed by atoms with Gasteiger partial charge in [-0.1, -0.05) is 0 Å². The molecule has 0 saturated heterocycles.